The van der Waals surface area contributed by atoms with E-state index in [0.717, 1.165) is 4.60 Å². The third kappa shape index (κ3) is 2.03. The van der Waals surface area contributed by atoms with E-state index in [1.807, 2.05) is 12.1 Å². The normalized spacial score (nSPS) is 15.7. The van der Waals surface area contributed by atoms with Crippen LogP contribution in [-0.2, 0) is 5.54 Å². The number of aliphatic hydroxyl groups is 1. The maximum atomic E-state index is 8.96. The Labute approximate surface area is 79.7 Å². The van der Waals surface area contributed by atoms with Crippen molar-refractivity contribution < 1.29 is 5.11 Å². The highest BCUT2D eigenvalue weighted by atomic mass is 79.9. The summed E-state index contributed by atoms with van der Waals surface area (Å²) in [5.74, 6) is 0. The van der Waals surface area contributed by atoms with Crippen LogP contribution in [0.4, 0.5) is 0 Å². The Bertz CT molecular complexity index is 276. The third-order valence-electron chi connectivity index (χ3n) is 1.63. The molecule has 1 atom stereocenters. The highest BCUT2D eigenvalue weighted by Gasteiger charge is 2.21. The van der Waals surface area contributed by atoms with Crippen molar-refractivity contribution in [3.05, 3.63) is 28.5 Å². The van der Waals surface area contributed by atoms with E-state index in [2.05, 4.69) is 20.9 Å². The number of nitrogens with two attached hydrogens (primary N) is 1. The van der Waals surface area contributed by atoms with Gasteiger partial charge in [-0.1, -0.05) is 6.07 Å². The lowest BCUT2D eigenvalue weighted by Crippen LogP contribution is -2.37. The molecular formula is C8H11BrN2O. The van der Waals surface area contributed by atoms with Crippen LogP contribution in [0.1, 0.15) is 12.6 Å². The number of nitrogens with zero attached hydrogens (tertiary/aromatic N) is 1. The summed E-state index contributed by atoms with van der Waals surface area (Å²) in [6.45, 7) is 1.62. The summed E-state index contributed by atoms with van der Waals surface area (Å²) < 4.78 is 0.727. The Balaban J connectivity index is 3.03. The van der Waals surface area contributed by atoms with Gasteiger partial charge < -0.3 is 10.8 Å². The minimum absolute atomic E-state index is 0.115. The second-order valence-corrected chi connectivity index (χ2v) is 3.73. The van der Waals surface area contributed by atoms with E-state index in [1.54, 1.807) is 13.0 Å². The van der Waals surface area contributed by atoms with E-state index in [9.17, 15) is 0 Å². The molecule has 0 unspecified atom stereocenters. The molecule has 1 heterocycles. The highest BCUT2D eigenvalue weighted by Crippen LogP contribution is 2.16. The van der Waals surface area contributed by atoms with Gasteiger partial charge in [0, 0.05) is 0 Å². The monoisotopic (exact) mass is 230 g/mol. The standard InChI is InChI=1S/C8H11BrN2O/c1-8(10,5-12)6-3-2-4-7(9)11-6/h2-4,12H,5,10H2,1H3/t8-/m0/s1. The average Bonchev–Trinajstić information content (AvgIpc) is 2.05. The lowest BCUT2D eigenvalue weighted by Gasteiger charge is -2.20. The number of halogens is 1. The molecule has 0 aliphatic carbocycles. The molecule has 3 nitrogen and oxygen atoms in total. The number of aliphatic hydroxyl groups excluding tert-OH is 1. The minimum atomic E-state index is -0.760. The van der Waals surface area contributed by atoms with Crippen molar-refractivity contribution in [3.8, 4) is 0 Å². The molecule has 0 saturated heterocycles. The van der Waals surface area contributed by atoms with E-state index >= 15 is 0 Å². The van der Waals surface area contributed by atoms with Crippen molar-refractivity contribution in [1.29, 1.82) is 0 Å². The van der Waals surface area contributed by atoms with Gasteiger partial charge in [-0.2, -0.15) is 0 Å². The summed E-state index contributed by atoms with van der Waals surface area (Å²) in [4.78, 5) is 4.15. The Hall–Kier alpha value is -0.450. The zero-order valence-corrected chi connectivity index (χ0v) is 8.37. The number of aromatic nitrogens is 1. The topological polar surface area (TPSA) is 59.1 Å². The molecule has 66 valence electrons. The molecule has 0 fully saturated rings. The van der Waals surface area contributed by atoms with Crippen LogP contribution in [-0.4, -0.2) is 16.7 Å². The minimum Gasteiger partial charge on any atom is -0.394 e. The summed E-state index contributed by atoms with van der Waals surface area (Å²) in [5.41, 5.74) is 5.69. The first-order valence-electron chi connectivity index (χ1n) is 3.59. The van der Waals surface area contributed by atoms with Gasteiger partial charge in [-0.05, 0) is 35.0 Å². The van der Waals surface area contributed by atoms with Gasteiger partial charge in [-0.25, -0.2) is 4.98 Å². The molecule has 0 radical (unpaired) electrons. The first kappa shape index (κ1) is 9.64. The van der Waals surface area contributed by atoms with Crippen molar-refractivity contribution >= 4 is 15.9 Å². The number of pyridine rings is 1. The smallest absolute Gasteiger partial charge is 0.106 e. The second-order valence-electron chi connectivity index (χ2n) is 2.92. The first-order valence-corrected chi connectivity index (χ1v) is 4.38. The molecule has 0 aliphatic heterocycles. The number of rotatable bonds is 2. The largest absolute Gasteiger partial charge is 0.394 e. The molecule has 1 aromatic heterocycles. The maximum absolute atomic E-state index is 8.96. The van der Waals surface area contributed by atoms with Crippen LogP contribution in [0.5, 0.6) is 0 Å². The molecule has 0 aliphatic rings. The summed E-state index contributed by atoms with van der Waals surface area (Å²) in [6.07, 6.45) is 0. The summed E-state index contributed by atoms with van der Waals surface area (Å²) in [7, 11) is 0. The molecule has 12 heavy (non-hydrogen) atoms. The fourth-order valence-electron chi connectivity index (χ4n) is 0.807. The van der Waals surface area contributed by atoms with Crippen LogP contribution in [0.3, 0.4) is 0 Å². The van der Waals surface area contributed by atoms with Crippen LogP contribution in [0, 0.1) is 0 Å². The van der Waals surface area contributed by atoms with Crippen molar-refractivity contribution in [2.24, 2.45) is 5.73 Å². The van der Waals surface area contributed by atoms with Gasteiger partial charge in [-0.3, -0.25) is 0 Å². The Kier molecular flexibility index (Phi) is 2.82. The summed E-state index contributed by atoms with van der Waals surface area (Å²) in [5, 5.41) is 8.96. The fourth-order valence-corrected chi connectivity index (χ4v) is 1.15. The van der Waals surface area contributed by atoms with Crippen molar-refractivity contribution in [2.75, 3.05) is 6.61 Å². The van der Waals surface area contributed by atoms with Crippen molar-refractivity contribution in [3.63, 3.8) is 0 Å². The molecule has 0 saturated carbocycles. The zero-order valence-electron chi connectivity index (χ0n) is 6.79. The first-order chi connectivity index (χ1) is 5.56. The number of hydrogen-bond donors (Lipinski definition) is 2. The lowest BCUT2D eigenvalue weighted by atomic mass is 10.0. The molecule has 0 spiro atoms. The van der Waals surface area contributed by atoms with Crippen molar-refractivity contribution in [1.82, 2.24) is 4.98 Å². The molecule has 0 aromatic carbocycles. The van der Waals surface area contributed by atoms with Crippen LogP contribution >= 0.6 is 15.9 Å². The summed E-state index contributed by atoms with van der Waals surface area (Å²) in [6, 6.07) is 5.45. The van der Waals surface area contributed by atoms with Gasteiger partial charge >= 0.3 is 0 Å². The lowest BCUT2D eigenvalue weighted by molar-refractivity contribution is 0.206. The van der Waals surface area contributed by atoms with Gasteiger partial charge in [0.15, 0.2) is 0 Å². The average molecular weight is 231 g/mol. The van der Waals surface area contributed by atoms with Crippen LogP contribution in [0.15, 0.2) is 22.8 Å². The molecule has 1 aromatic rings. The Morgan fingerprint density at radius 2 is 2.33 bits per heavy atom. The molecule has 0 bridgehead atoms. The van der Waals surface area contributed by atoms with Crippen LogP contribution < -0.4 is 5.73 Å². The van der Waals surface area contributed by atoms with Gasteiger partial charge in [0.25, 0.3) is 0 Å². The zero-order chi connectivity index (χ0) is 9.19. The van der Waals surface area contributed by atoms with E-state index in [0.29, 0.717) is 5.69 Å². The van der Waals surface area contributed by atoms with E-state index in [4.69, 9.17) is 10.8 Å². The van der Waals surface area contributed by atoms with Crippen LogP contribution in [0.25, 0.3) is 0 Å². The molecule has 1 rings (SSSR count). The second kappa shape index (κ2) is 3.51. The van der Waals surface area contributed by atoms with Crippen molar-refractivity contribution in [2.45, 2.75) is 12.5 Å². The Morgan fingerprint density at radius 1 is 1.67 bits per heavy atom. The predicted octanol–water partition coefficient (Wildman–Crippen LogP) is 1.01. The van der Waals surface area contributed by atoms with E-state index in [1.165, 1.54) is 0 Å². The maximum Gasteiger partial charge on any atom is 0.106 e. The quantitative estimate of drug-likeness (QED) is 0.747. The Morgan fingerprint density at radius 3 is 2.83 bits per heavy atom. The number of hydrogen-bond acceptors (Lipinski definition) is 3. The van der Waals surface area contributed by atoms with Gasteiger partial charge in [-0.15, -0.1) is 0 Å². The SMILES string of the molecule is C[C@](N)(CO)c1cccc(Br)n1. The van der Waals surface area contributed by atoms with Gasteiger partial charge in [0.05, 0.1) is 17.8 Å². The van der Waals surface area contributed by atoms with E-state index < -0.39 is 5.54 Å². The molecular weight excluding hydrogens is 220 g/mol. The molecule has 0 amide bonds. The highest BCUT2D eigenvalue weighted by molar-refractivity contribution is 9.10. The van der Waals surface area contributed by atoms with Crippen LogP contribution in [0.2, 0.25) is 0 Å². The van der Waals surface area contributed by atoms with E-state index in [-0.39, 0.29) is 6.61 Å². The summed E-state index contributed by atoms with van der Waals surface area (Å²) >= 11 is 3.24. The van der Waals surface area contributed by atoms with Gasteiger partial charge in [0.2, 0.25) is 0 Å². The van der Waals surface area contributed by atoms with Gasteiger partial charge in [0.1, 0.15) is 4.60 Å². The fraction of sp³-hybridized carbons (Fsp3) is 0.375. The third-order valence-corrected chi connectivity index (χ3v) is 2.07. The molecule has 3 N–H and O–H groups in total. The molecule has 4 heteroatoms. The predicted molar refractivity (Wildman–Crippen MR) is 50.6 cm³/mol.